The van der Waals surface area contributed by atoms with Crippen LogP contribution in [-0.4, -0.2) is 31.3 Å². The van der Waals surface area contributed by atoms with Crippen LogP contribution in [0.5, 0.6) is 5.88 Å². The first-order valence-corrected chi connectivity index (χ1v) is 6.60. The van der Waals surface area contributed by atoms with Crippen LogP contribution in [0.25, 0.3) is 0 Å². The van der Waals surface area contributed by atoms with E-state index in [1.54, 1.807) is 7.11 Å². The molecule has 0 aromatic carbocycles. The van der Waals surface area contributed by atoms with Crippen molar-refractivity contribution >= 4 is 5.69 Å². The average Bonchev–Trinajstić information content (AvgIpc) is 2.39. The third-order valence-electron chi connectivity index (χ3n) is 2.68. The Morgan fingerprint density at radius 1 is 1.33 bits per heavy atom. The maximum Gasteiger partial charge on any atom is 0.213 e. The fraction of sp³-hybridized carbons (Fsp3) is 0.643. The van der Waals surface area contributed by atoms with Crippen LogP contribution >= 0.6 is 0 Å². The van der Waals surface area contributed by atoms with Gasteiger partial charge in [0.25, 0.3) is 0 Å². The minimum absolute atomic E-state index is 0.479. The summed E-state index contributed by atoms with van der Waals surface area (Å²) in [5, 5.41) is 3.43. The molecule has 0 aliphatic carbocycles. The van der Waals surface area contributed by atoms with Crippen molar-refractivity contribution in [3.63, 3.8) is 0 Å². The van der Waals surface area contributed by atoms with Crippen LogP contribution in [0.4, 0.5) is 5.69 Å². The first kappa shape index (κ1) is 14.8. The summed E-state index contributed by atoms with van der Waals surface area (Å²) >= 11 is 0. The Balaban J connectivity index is 2.35. The van der Waals surface area contributed by atoms with E-state index in [1.165, 1.54) is 19.3 Å². The maximum atomic E-state index is 5.41. The number of anilines is 1. The zero-order valence-electron chi connectivity index (χ0n) is 11.6. The smallest absolute Gasteiger partial charge is 0.213 e. The number of nitrogens with one attached hydrogen (secondary N) is 1. The molecule has 0 spiro atoms. The number of hydrogen-bond acceptors (Lipinski definition) is 4. The fourth-order valence-electron chi connectivity index (χ4n) is 1.65. The van der Waals surface area contributed by atoms with Crippen LogP contribution in [0, 0.1) is 0 Å². The van der Waals surface area contributed by atoms with E-state index in [0.717, 1.165) is 5.69 Å². The monoisotopic (exact) mass is 252 g/mol. The third kappa shape index (κ3) is 5.87. The van der Waals surface area contributed by atoms with Crippen molar-refractivity contribution in [2.24, 2.45) is 0 Å². The normalized spacial score (nSPS) is 12.2. The van der Waals surface area contributed by atoms with Gasteiger partial charge < -0.3 is 14.8 Å². The molecule has 1 rings (SSSR count). The molecule has 1 atom stereocenters. The zero-order valence-corrected chi connectivity index (χ0v) is 11.6. The molecule has 0 saturated heterocycles. The van der Waals surface area contributed by atoms with Gasteiger partial charge in [-0.05, 0) is 19.4 Å². The summed E-state index contributed by atoms with van der Waals surface area (Å²) in [6.07, 6.45) is 5.48. The summed E-state index contributed by atoms with van der Waals surface area (Å²) in [7, 11) is 1.65. The van der Waals surface area contributed by atoms with Gasteiger partial charge in [0.05, 0.1) is 18.5 Å². The molecule has 0 amide bonds. The van der Waals surface area contributed by atoms with Crippen molar-refractivity contribution in [3.8, 4) is 5.88 Å². The summed E-state index contributed by atoms with van der Waals surface area (Å²) in [4.78, 5) is 4.24. The van der Waals surface area contributed by atoms with Gasteiger partial charge in [-0.1, -0.05) is 19.8 Å². The van der Waals surface area contributed by atoms with Crippen molar-refractivity contribution in [3.05, 3.63) is 18.3 Å². The Morgan fingerprint density at radius 3 is 2.78 bits per heavy atom. The minimum atomic E-state index is 0.479. The van der Waals surface area contributed by atoms with Gasteiger partial charge in [0.1, 0.15) is 6.61 Å². The molecule has 1 unspecified atom stereocenters. The highest BCUT2D eigenvalue weighted by atomic mass is 16.5. The molecule has 0 fully saturated rings. The highest BCUT2D eigenvalue weighted by Gasteiger charge is 2.02. The van der Waals surface area contributed by atoms with E-state index in [0.29, 0.717) is 25.1 Å². The van der Waals surface area contributed by atoms with E-state index in [4.69, 9.17) is 9.47 Å². The predicted molar refractivity (Wildman–Crippen MR) is 74.2 cm³/mol. The van der Waals surface area contributed by atoms with Crippen molar-refractivity contribution < 1.29 is 9.47 Å². The van der Waals surface area contributed by atoms with Gasteiger partial charge in [-0.15, -0.1) is 0 Å². The minimum Gasteiger partial charge on any atom is -0.475 e. The number of unbranched alkanes of at least 4 members (excludes halogenated alkanes) is 1. The lowest BCUT2D eigenvalue weighted by molar-refractivity contribution is 0.144. The van der Waals surface area contributed by atoms with Gasteiger partial charge in [0.15, 0.2) is 0 Å². The Bertz CT molecular complexity index is 314. The first-order valence-electron chi connectivity index (χ1n) is 6.60. The van der Waals surface area contributed by atoms with Crippen molar-refractivity contribution in [2.45, 2.75) is 39.2 Å². The van der Waals surface area contributed by atoms with Crippen LogP contribution in [0.3, 0.4) is 0 Å². The fourth-order valence-corrected chi connectivity index (χ4v) is 1.65. The van der Waals surface area contributed by atoms with E-state index in [9.17, 15) is 0 Å². The number of nitrogens with zero attached hydrogens (tertiary/aromatic N) is 1. The molecule has 4 heteroatoms. The SMILES string of the molecule is CCCCC(C)Nc1ccc(OCCOC)nc1. The molecule has 0 radical (unpaired) electrons. The Morgan fingerprint density at radius 2 is 2.17 bits per heavy atom. The molecule has 18 heavy (non-hydrogen) atoms. The van der Waals surface area contributed by atoms with Gasteiger partial charge in [-0.2, -0.15) is 0 Å². The quantitative estimate of drug-likeness (QED) is 0.686. The Hall–Kier alpha value is -1.29. The number of aromatic nitrogens is 1. The second-order valence-electron chi connectivity index (χ2n) is 4.41. The summed E-state index contributed by atoms with van der Waals surface area (Å²) < 4.78 is 10.3. The summed E-state index contributed by atoms with van der Waals surface area (Å²) in [5.41, 5.74) is 1.04. The highest BCUT2D eigenvalue weighted by Crippen LogP contribution is 2.14. The number of ether oxygens (including phenoxy) is 2. The van der Waals surface area contributed by atoms with Gasteiger partial charge in [0.2, 0.25) is 5.88 Å². The van der Waals surface area contributed by atoms with Crippen LogP contribution in [-0.2, 0) is 4.74 Å². The van der Waals surface area contributed by atoms with E-state index in [-0.39, 0.29) is 0 Å². The van der Waals surface area contributed by atoms with E-state index in [2.05, 4.69) is 24.1 Å². The van der Waals surface area contributed by atoms with E-state index in [1.807, 2.05) is 18.3 Å². The van der Waals surface area contributed by atoms with Gasteiger partial charge in [-0.3, -0.25) is 0 Å². The molecule has 1 N–H and O–H groups in total. The van der Waals surface area contributed by atoms with Crippen LogP contribution < -0.4 is 10.1 Å². The summed E-state index contributed by atoms with van der Waals surface area (Å²) in [5.74, 6) is 0.638. The van der Waals surface area contributed by atoms with Gasteiger partial charge in [0, 0.05) is 19.2 Å². The standard InChI is InChI=1S/C14H24N2O2/c1-4-5-6-12(2)16-13-7-8-14(15-11-13)18-10-9-17-3/h7-8,11-12,16H,4-6,9-10H2,1-3H3. The predicted octanol–water partition coefficient (Wildman–Crippen LogP) is 3.10. The molecule has 102 valence electrons. The lowest BCUT2D eigenvalue weighted by atomic mass is 10.1. The first-order chi connectivity index (χ1) is 8.76. The Labute approximate surface area is 110 Å². The highest BCUT2D eigenvalue weighted by molar-refractivity contribution is 5.42. The van der Waals surface area contributed by atoms with Crippen molar-refractivity contribution in [1.29, 1.82) is 0 Å². The van der Waals surface area contributed by atoms with Crippen molar-refractivity contribution in [2.75, 3.05) is 25.6 Å². The van der Waals surface area contributed by atoms with Crippen LogP contribution in [0.1, 0.15) is 33.1 Å². The molecule has 0 saturated carbocycles. The largest absolute Gasteiger partial charge is 0.475 e. The Kier molecular flexibility index (Phi) is 7.18. The topological polar surface area (TPSA) is 43.4 Å². The number of rotatable bonds is 9. The van der Waals surface area contributed by atoms with Gasteiger partial charge in [-0.25, -0.2) is 4.98 Å². The molecule has 1 aromatic rings. The maximum absolute atomic E-state index is 5.41. The molecule has 4 nitrogen and oxygen atoms in total. The molecular weight excluding hydrogens is 228 g/mol. The van der Waals surface area contributed by atoms with E-state index >= 15 is 0 Å². The third-order valence-corrected chi connectivity index (χ3v) is 2.68. The average molecular weight is 252 g/mol. The van der Waals surface area contributed by atoms with Crippen LogP contribution in [0.15, 0.2) is 18.3 Å². The molecule has 1 heterocycles. The lowest BCUT2D eigenvalue weighted by Crippen LogP contribution is -2.15. The zero-order chi connectivity index (χ0) is 13.2. The second kappa shape index (κ2) is 8.75. The van der Waals surface area contributed by atoms with E-state index < -0.39 is 0 Å². The van der Waals surface area contributed by atoms with Crippen LogP contribution in [0.2, 0.25) is 0 Å². The summed E-state index contributed by atoms with van der Waals surface area (Å²) in [6.45, 7) is 5.51. The molecule has 0 aliphatic heterocycles. The lowest BCUT2D eigenvalue weighted by Gasteiger charge is -2.14. The number of pyridine rings is 1. The van der Waals surface area contributed by atoms with Gasteiger partial charge >= 0.3 is 0 Å². The van der Waals surface area contributed by atoms with Crippen molar-refractivity contribution in [1.82, 2.24) is 4.98 Å². The number of methoxy groups -OCH3 is 1. The summed E-state index contributed by atoms with van der Waals surface area (Å²) in [6, 6.07) is 4.36. The second-order valence-corrected chi connectivity index (χ2v) is 4.41. The molecular formula is C14H24N2O2. The number of hydrogen-bond donors (Lipinski definition) is 1. The molecule has 0 bridgehead atoms. The molecule has 0 aliphatic rings. The molecule has 1 aromatic heterocycles.